The third-order valence-electron chi connectivity index (χ3n) is 3.23. The summed E-state index contributed by atoms with van der Waals surface area (Å²) < 4.78 is 1.08. The summed E-state index contributed by atoms with van der Waals surface area (Å²) in [5.41, 5.74) is 1.30. The molecule has 0 saturated carbocycles. The van der Waals surface area contributed by atoms with Gasteiger partial charge < -0.3 is 10.3 Å². The molecule has 0 aliphatic rings. The van der Waals surface area contributed by atoms with Gasteiger partial charge in [-0.2, -0.15) is 0 Å². The lowest BCUT2D eigenvalue weighted by molar-refractivity contribution is 0.0992. The van der Waals surface area contributed by atoms with Crippen LogP contribution in [-0.4, -0.2) is 21.7 Å². The Bertz CT molecular complexity index is 843. The first-order valence-corrected chi connectivity index (χ1v) is 7.93. The van der Waals surface area contributed by atoms with Gasteiger partial charge in [0, 0.05) is 27.2 Å². The standard InChI is InChI=1S/C17H12IN3O2/c18-11-5-7-12(8-6-11)21-17(23)14-4-2-1-3-13(14)15(22)16-19-9-10-20-16/h1-10H,(H,19,20)(H,21,23). The van der Waals surface area contributed by atoms with Crippen molar-refractivity contribution in [2.24, 2.45) is 0 Å². The monoisotopic (exact) mass is 417 g/mol. The van der Waals surface area contributed by atoms with E-state index in [9.17, 15) is 9.59 Å². The number of rotatable bonds is 4. The van der Waals surface area contributed by atoms with Gasteiger partial charge in [-0.15, -0.1) is 0 Å². The van der Waals surface area contributed by atoms with Crippen molar-refractivity contribution in [1.82, 2.24) is 9.97 Å². The number of nitrogens with zero attached hydrogens (tertiary/aromatic N) is 1. The number of carbonyl (C=O) groups excluding carboxylic acids is 2. The Labute approximate surface area is 146 Å². The molecule has 5 nitrogen and oxygen atoms in total. The number of benzene rings is 2. The highest BCUT2D eigenvalue weighted by atomic mass is 127. The number of halogens is 1. The molecule has 6 heteroatoms. The molecule has 114 valence electrons. The quantitative estimate of drug-likeness (QED) is 0.504. The molecule has 0 unspecified atom stereocenters. The summed E-state index contributed by atoms with van der Waals surface area (Å²) in [6, 6.07) is 14.1. The molecule has 2 aromatic carbocycles. The van der Waals surface area contributed by atoms with E-state index >= 15 is 0 Å². The van der Waals surface area contributed by atoms with Crippen LogP contribution in [0.2, 0.25) is 0 Å². The van der Waals surface area contributed by atoms with E-state index in [0.717, 1.165) is 3.57 Å². The Morgan fingerprint density at radius 1 is 1.00 bits per heavy atom. The minimum absolute atomic E-state index is 0.208. The SMILES string of the molecule is O=C(Nc1ccc(I)cc1)c1ccccc1C(=O)c1ncc[nH]1. The van der Waals surface area contributed by atoms with E-state index in [0.29, 0.717) is 16.8 Å². The molecule has 23 heavy (non-hydrogen) atoms. The van der Waals surface area contributed by atoms with Crippen LogP contribution in [-0.2, 0) is 0 Å². The van der Waals surface area contributed by atoms with Crippen LogP contribution >= 0.6 is 22.6 Å². The van der Waals surface area contributed by atoms with Crippen molar-refractivity contribution < 1.29 is 9.59 Å². The molecule has 1 heterocycles. The van der Waals surface area contributed by atoms with Crippen LogP contribution in [0.25, 0.3) is 0 Å². The van der Waals surface area contributed by atoms with Gasteiger partial charge in [-0.05, 0) is 52.9 Å². The maximum atomic E-state index is 12.5. The molecule has 3 rings (SSSR count). The van der Waals surface area contributed by atoms with Gasteiger partial charge in [-0.3, -0.25) is 9.59 Å². The largest absolute Gasteiger partial charge is 0.342 e. The summed E-state index contributed by atoms with van der Waals surface area (Å²) in [7, 11) is 0. The van der Waals surface area contributed by atoms with Crippen LogP contribution in [0.5, 0.6) is 0 Å². The Kier molecular flexibility index (Phi) is 4.52. The van der Waals surface area contributed by atoms with E-state index < -0.39 is 0 Å². The fourth-order valence-electron chi connectivity index (χ4n) is 2.13. The maximum absolute atomic E-state index is 12.5. The molecule has 1 amide bonds. The number of H-pyrrole nitrogens is 1. The van der Waals surface area contributed by atoms with Gasteiger partial charge in [0.1, 0.15) is 0 Å². The van der Waals surface area contributed by atoms with Crippen molar-refractivity contribution in [2.75, 3.05) is 5.32 Å². The number of nitrogens with one attached hydrogen (secondary N) is 2. The van der Waals surface area contributed by atoms with Crippen LogP contribution in [0.1, 0.15) is 26.5 Å². The Morgan fingerprint density at radius 2 is 1.70 bits per heavy atom. The van der Waals surface area contributed by atoms with E-state index in [2.05, 4.69) is 37.9 Å². The normalized spacial score (nSPS) is 10.3. The highest BCUT2D eigenvalue weighted by Crippen LogP contribution is 2.16. The second-order valence-corrected chi connectivity index (χ2v) is 6.02. The van der Waals surface area contributed by atoms with Gasteiger partial charge in [-0.25, -0.2) is 4.98 Å². The zero-order chi connectivity index (χ0) is 16.2. The fourth-order valence-corrected chi connectivity index (χ4v) is 2.49. The van der Waals surface area contributed by atoms with Crippen LogP contribution in [0.15, 0.2) is 60.9 Å². The molecule has 0 radical (unpaired) electrons. The lowest BCUT2D eigenvalue weighted by Gasteiger charge is -2.09. The first-order valence-electron chi connectivity index (χ1n) is 6.85. The van der Waals surface area contributed by atoms with Crippen LogP contribution < -0.4 is 5.32 Å². The van der Waals surface area contributed by atoms with Crippen molar-refractivity contribution >= 4 is 40.0 Å². The number of amides is 1. The molecule has 1 aromatic heterocycles. The Balaban J connectivity index is 1.89. The molecular weight excluding hydrogens is 405 g/mol. The summed E-state index contributed by atoms with van der Waals surface area (Å²) in [6.45, 7) is 0. The van der Waals surface area contributed by atoms with Gasteiger partial charge in [0.25, 0.3) is 5.91 Å². The van der Waals surface area contributed by atoms with Gasteiger partial charge in [0.05, 0.1) is 5.56 Å². The van der Waals surface area contributed by atoms with E-state index in [1.165, 1.54) is 6.20 Å². The second kappa shape index (κ2) is 6.74. The summed E-state index contributed by atoms with van der Waals surface area (Å²) in [4.78, 5) is 31.7. The molecule has 0 saturated heterocycles. The Morgan fingerprint density at radius 3 is 2.35 bits per heavy atom. The van der Waals surface area contributed by atoms with Crippen LogP contribution in [0.3, 0.4) is 0 Å². The number of aromatic amines is 1. The minimum Gasteiger partial charge on any atom is -0.342 e. The smallest absolute Gasteiger partial charge is 0.256 e. The van der Waals surface area contributed by atoms with Crippen molar-refractivity contribution in [3.05, 3.63) is 81.4 Å². The minimum atomic E-state index is -0.332. The number of ketones is 1. The zero-order valence-electron chi connectivity index (χ0n) is 11.9. The molecule has 0 spiro atoms. The number of aromatic nitrogens is 2. The molecule has 2 N–H and O–H groups in total. The lowest BCUT2D eigenvalue weighted by Crippen LogP contribution is -2.17. The predicted octanol–water partition coefficient (Wildman–Crippen LogP) is 3.50. The lowest BCUT2D eigenvalue weighted by atomic mass is 10.0. The maximum Gasteiger partial charge on any atom is 0.256 e. The molecule has 3 aromatic rings. The predicted molar refractivity (Wildman–Crippen MR) is 95.6 cm³/mol. The highest BCUT2D eigenvalue weighted by Gasteiger charge is 2.19. The zero-order valence-corrected chi connectivity index (χ0v) is 14.1. The average molecular weight is 417 g/mol. The molecule has 0 aliphatic heterocycles. The number of carbonyl (C=O) groups is 2. The molecule has 0 bridgehead atoms. The number of imidazole rings is 1. The first kappa shape index (κ1) is 15.4. The molecule has 0 aliphatic carbocycles. The molecule has 0 atom stereocenters. The van der Waals surface area contributed by atoms with Crippen molar-refractivity contribution in [2.45, 2.75) is 0 Å². The molecular formula is C17H12IN3O2. The third kappa shape index (κ3) is 3.48. The summed E-state index contributed by atoms with van der Waals surface area (Å²) >= 11 is 2.19. The van der Waals surface area contributed by atoms with Crippen molar-refractivity contribution in [3.8, 4) is 0 Å². The topological polar surface area (TPSA) is 74.8 Å². The summed E-state index contributed by atoms with van der Waals surface area (Å²) in [5.74, 6) is -0.440. The van der Waals surface area contributed by atoms with Crippen LogP contribution in [0, 0.1) is 3.57 Å². The number of anilines is 1. The summed E-state index contributed by atoms with van der Waals surface area (Å²) in [5, 5.41) is 2.80. The number of hydrogen-bond acceptors (Lipinski definition) is 3. The molecule has 0 fully saturated rings. The van der Waals surface area contributed by atoms with Gasteiger partial charge in [0.2, 0.25) is 5.78 Å². The van der Waals surface area contributed by atoms with Crippen LogP contribution in [0.4, 0.5) is 5.69 Å². The first-order chi connectivity index (χ1) is 11.1. The second-order valence-electron chi connectivity index (χ2n) is 4.77. The third-order valence-corrected chi connectivity index (χ3v) is 3.95. The average Bonchev–Trinajstić information content (AvgIpc) is 3.11. The van der Waals surface area contributed by atoms with E-state index in [1.807, 2.05) is 24.3 Å². The van der Waals surface area contributed by atoms with E-state index in [1.54, 1.807) is 30.5 Å². The van der Waals surface area contributed by atoms with Crippen molar-refractivity contribution in [1.29, 1.82) is 0 Å². The van der Waals surface area contributed by atoms with Gasteiger partial charge in [-0.1, -0.05) is 18.2 Å². The van der Waals surface area contributed by atoms with E-state index in [4.69, 9.17) is 0 Å². The fraction of sp³-hybridized carbons (Fsp3) is 0. The van der Waals surface area contributed by atoms with Crippen molar-refractivity contribution in [3.63, 3.8) is 0 Å². The Hall–Kier alpha value is -2.48. The van der Waals surface area contributed by atoms with Gasteiger partial charge >= 0.3 is 0 Å². The number of hydrogen-bond donors (Lipinski definition) is 2. The van der Waals surface area contributed by atoms with E-state index in [-0.39, 0.29) is 17.5 Å². The van der Waals surface area contributed by atoms with Gasteiger partial charge in [0.15, 0.2) is 5.82 Å². The highest BCUT2D eigenvalue weighted by molar-refractivity contribution is 14.1. The summed E-state index contributed by atoms with van der Waals surface area (Å²) in [6.07, 6.45) is 3.07.